The SMILES string of the molecule is CCCNC(CCOCCC)Cc1c(Cl)cccc1Cl. The lowest BCUT2D eigenvalue weighted by molar-refractivity contribution is 0.124. The van der Waals surface area contributed by atoms with Crippen LogP contribution < -0.4 is 5.32 Å². The van der Waals surface area contributed by atoms with Crippen molar-refractivity contribution in [1.29, 1.82) is 0 Å². The maximum atomic E-state index is 6.25. The molecule has 0 aromatic heterocycles. The Morgan fingerprint density at radius 3 is 2.40 bits per heavy atom. The fraction of sp³-hybridized carbons (Fsp3) is 0.625. The van der Waals surface area contributed by atoms with Crippen molar-refractivity contribution in [1.82, 2.24) is 5.32 Å². The lowest BCUT2D eigenvalue weighted by atomic mass is 10.0. The highest BCUT2D eigenvalue weighted by molar-refractivity contribution is 6.35. The van der Waals surface area contributed by atoms with Gasteiger partial charge in [0.15, 0.2) is 0 Å². The van der Waals surface area contributed by atoms with E-state index in [-0.39, 0.29) is 0 Å². The molecule has 0 amide bonds. The van der Waals surface area contributed by atoms with Crippen molar-refractivity contribution in [3.05, 3.63) is 33.8 Å². The molecular weight excluding hydrogens is 293 g/mol. The van der Waals surface area contributed by atoms with E-state index >= 15 is 0 Å². The van der Waals surface area contributed by atoms with Crippen LogP contribution in [0.2, 0.25) is 10.0 Å². The van der Waals surface area contributed by atoms with Crippen LogP contribution in [0.1, 0.15) is 38.7 Å². The summed E-state index contributed by atoms with van der Waals surface area (Å²) >= 11 is 12.5. The van der Waals surface area contributed by atoms with Gasteiger partial charge >= 0.3 is 0 Å². The van der Waals surface area contributed by atoms with Gasteiger partial charge in [0.05, 0.1) is 0 Å². The van der Waals surface area contributed by atoms with Crippen LogP contribution in [0.5, 0.6) is 0 Å². The molecule has 1 aromatic rings. The van der Waals surface area contributed by atoms with E-state index in [4.69, 9.17) is 27.9 Å². The third-order valence-corrected chi connectivity index (χ3v) is 3.86. The predicted molar refractivity (Wildman–Crippen MR) is 88.0 cm³/mol. The average Bonchev–Trinajstić information content (AvgIpc) is 2.44. The molecule has 114 valence electrons. The Balaban J connectivity index is 2.58. The first-order valence-corrected chi connectivity index (χ1v) is 8.18. The van der Waals surface area contributed by atoms with Gasteiger partial charge in [-0.25, -0.2) is 0 Å². The Kier molecular flexibility index (Phi) is 9.28. The summed E-state index contributed by atoms with van der Waals surface area (Å²) in [4.78, 5) is 0. The molecule has 0 aliphatic rings. The molecule has 2 nitrogen and oxygen atoms in total. The maximum Gasteiger partial charge on any atom is 0.0480 e. The fourth-order valence-electron chi connectivity index (χ4n) is 2.07. The highest BCUT2D eigenvalue weighted by Crippen LogP contribution is 2.26. The summed E-state index contributed by atoms with van der Waals surface area (Å²) in [5.41, 5.74) is 1.03. The standard InChI is InChI=1S/C16H25Cl2NO/c1-3-9-19-13(8-11-20-10-4-2)12-14-15(17)6-5-7-16(14)18/h5-7,13,19H,3-4,8-12H2,1-2H3. The first kappa shape index (κ1) is 17.8. The third kappa shape index (κ3) is 6.45. The van der Waals surface area contributed by atoms with E-state index in [9.17, 15) is 0 Å². The van der Waals surface area contributed by atoms with Crippen molar-refractivity contribution < 1.29 is 4.74 Å². The van der Waals surface area contributed by atoms with Crippen molar-refractivity contribution in [2.24, 2.45) is 0 Å². The Morgan fingerprint density at radius 1 is 1.10 bits per heavy atom. The van der Waals surface area contributed by atoms with Crippen LogP contribution in [0, 0.1) is 0 Å². The van der Waals surface area contributed by atoms with Crippen LogP contribution >= 0.6 is 23.2 Å². The highest BCUT2D eigenvalue weighted by atomic mass is 35.5. The van der Waals surface area contributed by atoms with Crippen molar-refractivity contribution in [3.63, 3.8) is 0 Å². The molecule has 1 atom stereocenters. The van der Waals surface area contributed by atoms with Crippen LogP contribution in [-0.4, -0.2) is 25.8 Å². The minimum absolute atomic E-state index is 0.351. The van der Waals surface area contributed by atoms with Gasteiger partial charge in [-0.2, -0.15) is 0 Å². The molecule has 0 bridgehead atoms. The molecule has 20 heavy (non-hydrogen) atoms. The number of benzene rings is 1. The van der Waals surface area contributed by atoms with Crippen LogP contribution in [0.4, 0.5) is 0 Å². The first-order valence-electron chi connectivity index (χ1n) is 7.43. The van der Waals surface area contributed by atoms with Gasteiger partial charge in [0.1, 0.15) is 0 Å². The van der Waals surface area contributed by atoms with E-state index in [2.05, 4.69) is 19.2 Å². The molecule has 0 aliphatic heterocycles. The van der Waals surface area contributed by atoms with E-state index in [0.717, 1.165) is 61.1 Å². The van der Waals surface area contributed by atoms with Gasteiger partial charge in [0.25, 0.3) is 0 Å². The van der Waals surface area contributed by atoms with E-state index < -0.39 is 0 Å². The molecule has 0 radical (unpaired) electrons. The summed E-state index contributed by atoms with van der Waals surface area (Å²) in [7, 11) is 0. The van der Waals surface area contributed by atoms with Crippen molar-refractivity contribution >= 4 is 23.2 Å². The monoisotopic (exact) mass is 317 g/mol. The van der Waals surface area contributed by atoms with Gasteiger partial charge in [-0.05, 0) is 49.9 Å². The molecule has 0 spiro atoms. The largest absolute Gasteiger partial charge is 0.381 e. The number of rotatable bonds is 10. The Bertz CT molecular complexity index is 364. The van der Waals surface area contributed by atoms with E-state index in [1.807, 2.05) is 18.2 Å². The van der Waals surface area contributed by atoms with Gasteiger partial charge in [-0.3, -0.25) is 0 Å². The van der Waals surface area contributed by atoms with E-state index in [0.29, 0.717) is 6.04 Å². The van der Waals surface area contributed by atoms with E-state index in [1.165, 1.54) is 0 Å². The van der Waals surface area contributed by atoms with Crippen molar-refractivity contribution in [2.75, 3.05) is 19.8 Å². The van der Waals surface area contributed by atoms with Gasteiger partial charge in [-0.1, -0.05) is 43.1 Å². The first-order chi connectivity index (χ1) is 9.69. The second kappa shape index (κ2) is 10.4. The number of nitrogens with one attached hydrogen (secondary N) is 1. The zero-order chi connectivity index (χ0) is 14.8. The second-order valence-corrected chi connectivity index (χ2v) is 5.77. The Hall–Kier alpha value is -0.280. The molecule has 1 rings (SSSR count). The minimum Gasteiger partial charge on any atom is -0.381 e. The van der Waals surface area contributed by atoms with Gasteiger partial charge in [0, 0.05) is 29.3 Å². The second-order valence-electron chi connectivity index (χ2n) is 4.96. The van der Waals surface area contributed by atoms with Crippen LogP contribution in [-0.2, 0) is 11.2 Å². The molecule has 0 aliphatic carbocycles. The molecule has 1 N–H and O–H groups in total. The molecule has 0 fully saturated rings. The van der Waals surface area contributed by atoms with Gasteiger partial charge < -0.3 is 10.1 Å². The van der Waals surface area contributed by atoms with E-state index in [1.54, 1.807) is 0 Å². The normalized spacial score (nSPS) is 12.6. The summed E-state index contributed by atoms with van der Waals surface area (Å²) in [6.45, 7) is 6.89. The minimum atomic E-state index is 0.351. The summed E-state index contributed by atoms with van der Waals surface area (Å²) in [5, 5.41) is 5.04. The summed E-state index contributed by atoms with van der Waals surface area (Å²) in [6, 6.07) is 6.03. The quantitative estimate of drug-likeness (QED) is 0.630. The number of ether oxygens (including phenoxy) is 1. The Morgan fingerprint density at radius 2 is 1.80 bits per heavy atom. The predicted octanol–water partition coefficient (Wildman–Crippen LogP) is 4.72. The molecule has 0 saturated heterocycles. The molecule has 1 aromatic carbocycles. The molecule has 0 saturated carbocycles. The third-order valence-electron chi connectivity index (χ3n) is 3.15. The van der Waals surface area contributed by atoms with Gasteiger partial charge in [0.2, 0.25) is 0 Å². The van der Waals surface area contributed by atoms with Crippen molar-refractivity contribution in [3.8, 4) is 0 Å². The van der Waals surface area contributed by atoms with Crippen LogP contribution in [0.3, 0.4) is 0 Å². The van der Waals surface area contributed by atoms with Crippen LogP contribution in [0.15, 0.2) is 18.2 Å². The lowest BCUT2D eigenvalue weighted by Crippen LogP contribution is -2.33. The topological polar surface area (TPSA) is 21.3 Å². The molecule has 4 heteroatoms. The summed E-state index contributed by atoms with van der Waals surface area (Å²) in [6.07, 6.45) is 3.99. The maximum absolute atomic E-state index is 6.25. The zero-order valence-electron chi connectivity index (χ0n) is 12.4. The number of hydrogen-bond donors (Lipinski definition) is 1. The summed E-state index contributed by atoms with van der Waals surface area (Å²) in [5.74, 6) is 0. The summed E-state index contributed by atoms with van der Waals surface area (Å²) < 4.78 is 5.59. The smallest absolute Gasteiger partial charge is 0.0480 e. The van der Waals surface area contributed by atoms with Gasteiger partial charge in [-0.15, -0.1) is 0 Å². The van der Waals surface area contributed by atoms with Crippen LogP contribution in [0.25, 0.3) is 0 Å². The molecular formula is C16H25Cl2NO. The van der Waals surface area contributed by atoms with Crippen molar-refractivity contribution in [2.45, 2.75) is 45.6 Å². The number of hydrogen-bond acceptors (Lipinski definition) is 2. The lowest BCUT2D eigenvalue weighted by Gasteiger charge is -2.20. The number of halogens is 2. The molecule has 0 heterocycles. The Labute approximate surface area is 132 Å². The highest BCUT2D eigenvalue weighted by Gasteiger charge is 2.13. The average molecular weight is 318 g/mol. The zero-order valence-corrected chi connectivity index (χ0v) is 13.9. The molecule has 1 unspecified atom stereocenters. The fourth-order valence-corrected chi connectivity index (χ4v) is 2.62.